The van der Waals surface area contributed by atoms with Gasteiger partial charge in [0, 0.05) is 0 Å². The number of hydrogen-bond acceptors (Lipinski definition) is 2. The van der Waals surface area contributed by atoms with Crippen molar-refractivity contribution in [3.63, 3.8) is 0 Å². The van der Waals surface area contributed by atoms with Gasteiger partial charge in [-0.2, -0.15) is 0 Å². The van der Waals surface area contributed by atoms with Gasteiger partial charge in [-0.05, 0) is 18.8 Å². The van der Waals surface area contributed by atoms with Gasteiger partial charge >= 0.3 is 0 Å². The molecular formula is C10H17NO. The molecule has 0 heterocycles. The second kappa shape index (κ2) is 8.22. The van der Waals surface area contributed by atoms with Crippen molar-refractivity contribution in [3.05, 3.63) is 12.7 Å². The minimum absolute atomic E-state index is 0.490. The van der Waals surface area contributed by atoms with Crippen molar-refractivity contribution < 1.29 is 4.79 Å². The lowest BCUT2D eigenvalue weighted by molar-refractivity contribution is 0.478. The molecule has 0 amide bonds. The molecule has 0 bridgehead atoms. The second-order valence-electron chi connectivity index (χ2n) is 2.96. The molecule has 1 unspecified atom stereocenters. The van der Waals surface area contributed by atoms with Gasteiger partial charge in [0.05, 0.1) is 6.54 Å². The Kier molecular flexibility index (Phi) is 7.62. The predicted molar refractivity (Wildman–Crippen MR) is 50.8 cm³/mol. The average molecular weight is 167 g/mol. The van der Waals surface area contributed by atoms with Crippen LogP contribution in [0.15, 0.2) is 17.6 Å². The van der Waals surface area contributed by atoms with E-state index < -0.39 is 0 Å². The van der Waals surface area contributed by atoms with E-state index in [4.69, 9.17) is 0 Å². The normalized spacial score (nSPS) is 11.8. The molecule has 0 aliphatic carbocycles. The molecule has 2 nitrogen and oxygen atoms in total. The monoisotopic (exact) mass is 167 g/mol. The Morgan fingerprint density at radius 2 is 2.42 bits per heavy atom. The SMILES string of the molecule is C=CCC(CCCC)CN=C=O. The highest BCUT2D eigenvalue weighted by Crippen LogP contribution is 2.13. The fraction of sp³-hybridized carbons (Fsp3) is 0.700. The summed E-state index contributed by atoms with van der Waals surface area (Å²) in [6.45, 7) is 6.44. The summed E-state index contributed by atoms with van der Waals surface area (Å²) >= 11 is 0. The summed E-state index contributed by atoms with van der Waals surface area (Å²) in [4.78, 5) is 13.5. The van der Waals surface area contributed by atoms with E-state index in [1.807, 2.05) is 6.08 Å². The molecule has 0 aromatic heterocycles. The van der Waals surface area contributed by atoms with Gasteiger partial charge in [0.15, 0.2) is 0 Å². The average Bonchev–Trinajstić information content (AvgIpc) is 2.10. The number of isocyanates is 1. The van der Waals surface area contributed by atoms with Crippen molar-refractivity contribution in [2.45, 2.75) is 32.6 Å². The third-order valence-corrected chi connectivity index (χ3v) is 1.88. The number of nitrogens with zero attached hydrogens (tertiary/aromatic N) is 1. The van der Waals surface area contributed by atoms with Gasteiger partial charge in [0.1, 0.15) is 0 Å². The lowest BCUT2D eigenvalue weighted by Gasteiger charge is -2.09. The highest BCUT2D eigenvalue weighted by atomic mass is 16.1. The zero-order valence-electron chi connectivity index (χ0n) is 7.75. The number of rotatable bonds is 7. The van der Waals surface area contributed by atoms with Crippen LogP contribution >= 0.6 is 0 Å². The van der Waals surface area contributed by atoms with Gasteiger partial charge in [-0.25, -0.2) is 9.79 Å². The van der Waals surface area contributed by atoms with E-state index in [1.54, 1.807) is 6.08 Å². The summed E-state index contributed by atoms with van der Waals surface area (Å²) in [5.41, 5.74) is 0. The van der Waals surface area contributed by atoms with E-state index in [-0.39, 0.29) is 0 Å². The Bertz CT molecular complexity index is 159. The number of aliphatic imine (C=N–C) groups is 1. The largest absolute Gasteiger partial charge is 0.234 e. The van der Waals surface area contributed by atoms with Gasteiger partial charge in [-0.1, -0.05) is 25.8 Å². The summed E-state index contributed by atoms with van der Waals surface area (Å²) in [6, 6.07) is 0. The van der Waals surface area contributed by atoms with Crippen LogP contribution in [0.3, 0.4) is 0 Å². The molecule has 0 spiro atoms. The van der Waals surface area contributed by atoms with Crippen molar-refractivity contribution in [2.24, 2.45) is 10.9 Å². The summed E-state index contributed by atoms with van der Waals surface area (Å²) in [5.74, 6) is 0.490. The highest BCUT2D eigenvalue weighted by molar-refractivity contribution is 5.32. The number of unbranched alkanes of at least 4 members (excludes halogenated alkanes) is 1. The third-order valence-electron chi connectivity index (χ3n) is 1.88. The lowest BCUT2D eigenvalue weighted by Crippen LogP contribution is -2.03. The molecular weight excluding hydrogens is 150 g/mol. The smallest absolute Gasteiger partial charge is 0.211 e. The molecule has 0 saturated heterocycles. The first-order valence-electron chi connectivity index (χ1n) is 4.49. The zero-order valence-corrected chi connectivity index (χ0v) is 7.75. The molecule has 0 rings (SSSR count). The van der Waals surface area contributed by atoms with Crippen LogP contribution in [0, 0.1) is 5.92 Å². The molecule has 0 aliphatic heterocycles. The molecule has 0 saturated carbocycles. The minimum atomic E-state index is 0.490. The van der Waals surface area contributed by atoms with Gasteiger partial charge in [-0.3, -0.25) is 0 Å². The van der Waals surface area contributed by atoms with E-state index in [0.717, 1.165) is 12.8 Å². The van der Waals surface area contributed by atoms with Crippen LogP contribution in [0.1, 0.15) is 32.6 Å². The Balaban J connectivity index is 3.67. The minimum Gasteiger partial charge on any atom is -0.211 e. The molecule has 1 atom stereocenters. The first-order valence-corrected chi connectivity index (χ1v) is 4.49. The fourth-order valence-corrected chi connectivity index (χ4v) is 1.18. The van der Waals surface area contributed by atoms with Crippen LogP contribution in [-0.2, 0) is 4.79 Å². The van der Waals surface area contributed by atoms with Gasteiger partial charge in [-0.15, -0.1) is 6.58 Å². The Morgan fingerprint density at radius 3 is 2.92 bits per heavy atom. The first kappa shape index (κ1) is 11.1. The third kappa shape index (κ3) is 5.87. The van der Waals surface area contributed by atoms with E-state index in [9.17, 15) is 4.79 Å². The summed E-state index contributed by atoms with van der Waals surface area (Å²) < 4.78 is 0. The molecule has 2 heteroatoms. The topological polar surface area (TPSA) is 29.4 Å². The highest BCUT2D eigenvalue weighted by Gasteiger charge is 2.04. The fourth-order valence-electron chi connectivity index (χ4n) is 1.18. The van der Waals surface area contributed by atoms with Crippen LogP contribution in [0.25, 0.3) is 0 Å². The van der Waals surface area contributed by atoms with Crippen molar-refractivity contribution in [2.75, 3.05) is 6.54 Å². The van der Waals surface area contributed by atoms with Crippen LogP contribution in [0.4, 0.5) is 0 Å². The van der Waals surface area contributed by atoms with E-state index >= 15 is 0 Å². The Labute approximate surface area is 74.4 Å². The zero-order chi connectivity index (χ0) is 9.23. The molecule has 68 valence electrons. The van der Waals surface area contributed by atoms with Crippen molar-refractivity contribution in [3.8, 4) is 0 Å². The quantitative estimate of drug-likeness (QED) is 0.325. The summed E-state index contributed by atoms with van der Waals surface area (Å²) in [5, 5.41) is 0. The Hall–Kier alpha value is -0.880. The van der Waals surface area contributed by atoms with E-state index in [0.29, 0.717) is 12.5 Å². The van der Waals surface area contributed by atoms with Gasteiger partial charge in [0.2, 0.25) is 6.08 Å². The standard InChI is InChI=1S/C10H17NO/c1-3-5-7-10(6-4-2)8-11-9-12/h4,10H,2-3,5-8H2,1H3. The summed E-state index contributed by atoms with van der Waals surface area (Å²) in [6.07, 6.45) is 7.94. The van der Waals surface area contributed by atoms with E-state index in [2.05, 4.69) is 18.5 Å². The van der Waals surface area contributed by atoms with Crippen molar-refractivity contribution in [1.82, 2.24) is 0 Å². The van der Waals surface area contributed by atoms with E-state index in [1.165, 1.54) is 12.8 Å². The number of carbonyl (C=O) groups excluding carboxylic acids is 1. The molecule has 12 heavy (non-hydrogen) atoms. The first-order chi connectivity index (χ1) is 5.85. The maximum atomic E-state index is 9.87. The maximum Gasteiger partial charge on any atom is 0.234 e. The molecule has 0 aliphatic rings. The van der Waals surface area contributed by atoms with Crippen LogP contribution in [0.2, 0.25) is 0 Å². The van der Waals surface area contributed by atoms with Crippen molar-refractivity contribution >= 4 is 6.08 Å². The second-order valence-corrected chi connectivity index (χ2v) is 2.96. The summed E-state index contributed by atoms with van der Waals surface area (Å²) in [7, 11) is 0. The molecule has 0 fully saturated rings. The maximum absolute atomic E-state index is 9.87. The van der Waals surface area contributed by atoms with Crippen molar-refractivity contribution in [1.29, 1.82) is 0 Å². The molecule has 0 aromatic carbocycles. The predicted octanol–water partition coefficient (Wildman–Crippen LogP) is 2.70. The molecule has 0 radical (unpaired) electrons. The Morgan fingerprint density at radius 1 is 1.67 bits per heavy atom. The van der Waals surface area contributed by atoms with Crippen LogP contribution in [0.5, 0.6) is 0 Å². The molecule has 0 aromatic rings. The van der Waals surface area contributed by atoms with Crippen LogP contribution < -0.4 is 0 Å². The lowest BCUT2D eigenvalue weighted by atomic mass is 9.99. The van der Waals surface area contributed by atoms with Crippen LogP contribution in [-0.4, -0.2) is 12.6 Å². The van der Waals surface area contributed by atoms with Gasteiger partial charge < -0.3 is 0 Å². The molecule has 0 N–H and O–H groups in total. The number of hydrogen-bond donors (Lipinski definition) is 0. The van der Waals surface area contributed by atoms with Gasteiger partial charge in [0.25, 0.3) is 0 Å². The number of allylic oxidation sites excluding steroid dienone is 1.